The first kappa shape index (κ1) is 17.1. The molecule has 23 heavy (non-hydrogen) atoms. The smallest absolute Gasteiger partial charge is 0.316 e. The Balaban J connectivity index is 2.55. The number of esters is 1. The van der Waals surface area contributed by atoms with E-state index in [4.69, 9.17) is 10.5 Å². The third kappa shape index (κ3) is 3.39. The van der Waals surface area contributed by atoms with Gasteiger partial charge in [0.05, 0.1) is 12.0 Å². The summed E-state index contributed by atoms with van der Waals surface area (Å²) in [5.74, 6) is -0.209. The summed E-state index contributed by atoms with van der Waals surface area (Å²) in [5.41, 5.74) is 9.24. The summed E-state index contributed by atoms with van der Waals surface area (Å²) in [4.78, 5) is 12.6. The lowest BCUT2D eigenvalue weighted by Gasteiger charge is -2.29. The minimum Gasteiger partial charge on any atom is -0.465 e. The highest BCUT2D eigenvalue weighted by Crippen LogP contribution is 2.39. The third-order valence-electron chi connectivity index (χ3n) is 4.26. The molecular formula is C20H25NO2. The van der Waals surface area contributed by atoms with Crippen LogP contribution in [0.4, 0.5) is 5.69 Å². The second kappa shape index (κ2) is 7.32. The molecule has 0 fully saturated rings. The topological polar surface area (TPSA) is 52.3 Å². The molecule has 0 saturated carbocycles. The first-order valence-electron chi connectivity index (χ1n) is 8.16. The lowest BCUT2D eigenvalue weighted by atomic mass is 9.76. The maximum Gasteiger partial charge on any atom is 0.316 e. The second-order valence-electron chi connectivity index (χ2n) is 5.94. The van der Waals surface area contributed by atoms with Crippen LogP contribution in [-0.2, 0) is 14.9 Å². The Morgan fingerprint density at radius 2 is 1.78 bits per heavy atom. The molecule has 0 aromatic heterocycles. The number of anilines is 1. The van der Waals surface area contributed by atoms with Crippen LogP contribution in [0.2, 0.25) is 0 Å². The standard InChI is InChI=1S/C20H25NO2/c1-4-14-20(3,19(22)23-5-2)17-13-9-12-16(18(17)21)15-10-7-6-8-11-15/h6-13H,4-5,14,21H2,1-3H3. The normalized spacial score (nSPS) is 13.3. The Kier molecular flexibility index (Phi) is 5.43. The number of hydrogen-bond donors (Lipinski definition) is 1. The van der Waals surface area contributed by atoms with Gasteiger partial charge in [-0.2, -0.15) is 0 Å². The van der Waals surface area contributed by atoms with Gasteiger partial charge in [0.25, 0.3) is 0 Å². The molecule has 2 rings (SSSR count). The molecule has 0 heterocycles. The summed E-state index contributed by atoms with van der Waals surface area (Å²) in [6.45, 7) is 6.19. The second-order valence-corrected chi connectivity index (χ2v) is 5.94. The van der Waals surface area contributed by atoms with Crippen molar-refractivity contribution in [3.05, 3.63) is 54.1 Å². The van der Waals surface area contributed by atoms with Gasteiger partial charge in [0.1, 0.15) is 0 Å². The van der Waals surface area contributed by atoms with Crippen LogP contribution in [0.15, 0.2) is 48.5 Å². The number of benzene rings is 2. The lowest BCUT2D eigenvalue weighted by molar-refractivity contribution is -0.149. The van der Waals surface area contributed by atoms with E-state index in [1.165, 1.54) is 0 Å². The predicted molar refractivity (Wildman–Crippen MR) is 95.2 cm³/mol. The average molecular weight is 311 g/mol. The molecule has 122 valence electrons. The summed E-state index contributed by atoms with van der Waals surface area (Å²) in [6, 6.07) is 15.9. The molecular weight excluding hydrogens is 286 g/mol. The molecule has 0 aliphatic carbocycles. The third-order valence-corrected chi connectivity index (χ3v) is 4.26. The molecule has 0 aliphatic rings. The van der Waals surface area contributed by atoms with Crippen molar-refractivity contribution in [2.45, 2.75) is 39.0 Å². The summed E-state index contributed by atoms with van der Waals surface area (Å²) in [7, 11) is 0. The molecule has 0 bridgehead atoms. The number of carbonyl (C=O) groups is 1. The maximum atomic E-state index is 12.6. The largest absolute Gasteiger partial charge is 0.465 e. The molecule has 0 radical (unpaired) electrons. The van der Waals surface area contributed by atoms with Crippen molar-refractivity contribution in [3.63, 3.8) is 0 Å². The lowest BCUT2D eigenvalue weighted by Crippen LogP contribution is -2.35. The number of para-hydroxylation sites is 1. The Hall–Kier alpha value is -2.29. The van der Waals surface area contributed by atoms with Crippen LogP contribution >= 0.6 is 0 Å². The van der Waals surface area contributed by atoms with Crippen LogP contribution in [0.25, 0.3) is 11.1 Å². The number of hydrogen-bond acceptors (Lipinski definition) is 3. The zero-order valence-electron chi connectivity index (χ0n) is 14.1. The molecule has 2 aromatic rings. The van der Waals surface area contributed by atoms with Crippen molar-refractivity contribution in [2.75, 3.05) is 12.3 Å². The van der Waals surface area contributed by atoms with E-state index in [9.17, 15) is 4.79 Å². The molecule has 2 aromatic carbocycles. The molecule has 0 spiro atoms. The zero-order valence-corrected chi connectivity index (χ0v) is 14.1. The van der Waals surface area contributed by atoms with Crippen LogP contribution in [0.1, 0.15) is 39.2 Å². The van der Waals surface area contributed by atoms with Gasteiger partial charge in [0, 0.05) is 11.3 Å². The van der Waals surface area contributed by atoms with E-state index >= 15 is 0 Å². The fourth-order valence-corrected chi connectivity index (χ4v) is 3.05. The van der Waals surface area contributed by atoms with E-state index in [0.29, 0.717) is 18.7 Å². The van der Waals surface area contributed by atoms with E-state index in [1.807, 2.05) is 62.4 Å². The first-order chi connectivity index (χ1) is 11.0. The summed E-state index contributed by atoms with van der Waals surface area (Å²) in [6.07, 6.45) is 1.58. The van der Waals surface area contributed by atoms with Crippen molar-refractivity contribution < 1.29 is 9.53 Å². The van der Waals surface area contributed by atoms with Crippen LogP contribution in [0, 0.1) is 0 Å². The Morgan fingerprint density at radius 1 is 1.09 bits per heavy atom. The van der Waals surface area contributed by atoms with Crippen LogP contribution in [-0.4, -0.2) is 12.6 Å². The van der Waals surface area contributed by atoms with Gasteiger partial charge in [-0.3, -0.25) is 4.79 Å². The van der Waals surface area contributed by atoms with Crippen molar-refractivity contribution in [2.24, 2.45) is 0 Å². The summed E-state index contributed by atoms with van der Waals surface area (Å²) >= 11 is 0. The monoisotopic (exact) mass is 311 g/mol. The van der Waals surface area contributed by atoms with Gasteiger partial charge in [-0.1, -0.05) is 61.9 Å². The molecule has 0 amide bonds. The molecule has 2 N–H and O–H groups in total. The minimum absolute atomic E-state index is 0.209. The van der Waals surface area contributed by atoms with E-state index in [1.54, 1.807) is 0 Å². The first-order valence-corrected chi connectivity index (χ1v) is 8.16. The van der Waals surface area contributed by atoms with E-state index in [0.717, 1.165) is 23.1 Å². The van der Waals surface area contributed by atoms with Crippen molar-refractivity contribution in [1.29, 1.82) is 0 Å². The number of nitrogen functional groups attached to an aromatic ring is 1. The highest BCUT2D eigenvalue weighted by molar-refractivity contribution is 5.88. The quantitative estimate of drug-likeness (QED) is 0.628. The number of rotatable bonds is 6. The Morgan fingerprint density at radius 3 is 2.39 bits per heavy atom. The van der Waals surface area contributed by atoms with Gasteiger partial charge in [0.15, 0.2) is 0 Å². The van der Waals surface area contributed by atoms with Crippen LogP contribution in [0.3, 0.4) is 0 Å². The molecule has 3 nitrogen and oxygen atoms in total. The zero-order chi connectivity index (χ0) is 16.9. The molecule has 0 saturated heterocycles. The maximum absolute atomic E-state index is 12.6. The van der Waals surface area contributed by atoms with Crippen molar-refractivity contribution in [1.82, 2.24) is 0 Å². The van der Waals surface area contributed by atoms with Gasteiger partial charge in [-0.15, -0.1) is 0 Å². The summed E-state index contributed by atoms with van der Waals surface area (Å²) in [5, 5.41) is 0. The molecule has 1 unspecified atom stereocenters. The molecule has 1 atom stereocenters. The van der Waals surface area contributed by atoms with E-state index in [-0.39, 0.29) is 5.97 Å². The van der Waals surface area contributed by atoms with Crippen LogP contribution < -0.4 is 5.73 Å². The predicted octanol–water partition coefficient (Wildman–Crippen LogP) is 4.56. The van der Waals surface area contributed by atoms with Crippen LogP contribution in [0.5, 0.6) is 0 Å². The highest BCUT2D eigenvalue weighted by Gasteiger charge is 2.37. The van der Waals surface area contributed by atoms with Crippen molar-refractivity contribution >= 4 is 11.7 Å². The van der Waals surface area contributed by atoms with E-state index < -0.39 is 5.41 Å². The number of ether oxygens (including phenoxy) is 1. The number of nitrogens with two attached hydrogens (primary N) is 1. The summed E-state index contributed by atoms with van der Waals surface area (Å²) < 4.78 is 5.32. The average Bonchev–Trinajstić information content (AvgIpc) is 2.56. The van der Waals surface area contributed by atoms with Gasteiger partial charge in [0.2, 0.25) is 0 Å². The Bertz CT molecular complexity index is 667. The molecule has 0 aliphatic heterocycles. The highest BCUT2D eigenvalue weighted by atomic mass is 16.5. The van der Waals surface area contributed by atoms with E-state index in [2.05, 4.69) is 6.92 Å². The van der Waals surface area contributed by atoms with Gasteiger partial charge >= 0.3 is 5.97 Å². The van der Waals surface area contributed by atoms with Crippen molar-refractivity contribution in [3.8, 4) is 11.1 Å². The van der Waals surface area contributed by atoms with Gasteiger partial charge < -0.3 is 10.5 Å². The fraction of sp³-hybridized carbons (Fsp3) is 0.350. The minimum atomic E-state index is -0.723. The molecule has 3 heteroatoms. The number of carbonyl (C=O) groups excluding carboxylic acids is 1. The fourth-order valence-electron chi connectivity index (χ4n) is 3.05. The Labute approximate surface area is 138 Å². The SMILES string of the molecule is CCCC(C)(C(=O)OCC)c1cccc(-c2ccccc2)c1N. The van der Waals surface area contributed by atoms with Gasteiger partial charge in [-0.25, -0.2) is 0 Å². The van der Waals surface area contributed by atoms with Gasteiger partial charge in [-0.05, 0) is 31.4 Å².